The molecule has 1 aliphatic heterocycles. The molecule has 0 saturated carbocycles. The van der Waals surface area contributed by atoms with Crippen LogP contribution in [0.5, 0.6) is 0 Å². The molecule has 2 nitrogen and oxygen atoms in total. The van der Waals surface area contributed by atoms with Crippen LogP contribution in [0, 0.1) is 0 Å². The van der Waals surface area contributed by atoms with Crippen molar-refractivity contribution >= 4 is 0 Å². The molecule has 0 spiro atoms. The molecule has 0 bridgehead atoms. The Morgan fingerprint density at radius 1 is 1.45 bits per heavy atom. The second-order valence-corrected chi connectivity index (χ2v) is 2.15. The lowest BCUT2D eigenvalue weighted by molar-refractivity contribution is 0.0778. The number of hydrogen-bond acceptors (Lipinski definition) is 2. The maximum atomic E-state index is 5.16. The molecule has 0 aromatic carbocycles. The minimum absolute atomic E-state index is 0.310. The van der Waals surface area contributed by atoms with Crippen LogP contribution in [0.4, 0.5) is 0 Å². The zero-order chi connectivity index (χ0) is 8.10. The van der Waals surface area contributed by atoms with Gasteiger partial charge in [0.05, 0.1) is 0 Å². The molecule has 1 heterocycles. The van der Waals surface area contributed by atoms with Gasteiger partial charge >= 0.3 is 0 Å². The molecule has 0 aromatic heterocycles. The van der Waals surface area contributed by atoms with Crippen LogP contribution >= 0.6 is 0 Å². The van der Waals surface area contributed by atoms with E-state index in [-0.39, 0.29) is 0 Å². The van der Waals surface area contributed by atoms with Gasteiger partial charge in [0.15, 0.2) is 11.5 Å². The van der Waals surface area contributed by atoms with E-state index in [0.717, 1.165) is 17.9 Å². The molecule has 0 N–H and O–H groups in total. The summed E-state index contributed by atoms with van der Waals surface area (Å²) in [5.74, 6) is 1.51. The van der Waals surface area contributed by atoms with E-state index in [1.807, 2.05) is 12.2 Å². The second-order valence-electron chi connectivity index (χ2n) is 2.15. The highest BCUT2D eigenvalue weighted by atomic mass is 16.7. The zero-order valence-electron chi connectivity index (χ0n) is 6.67. The summed E-state index contributed by atoms with van der Waals surface area (Å²) in [7, 11) is 0. The van der Waals surface area contributed by atoms with Gasteiger partial charge in [0.25, 0.3) is 0 Å². The Hall–Kier alpha value is -1.18. The third-order valence-corrected chi connectivity index (χ3v) is 1.36. The molecule has 0 aliphatic carbocycles. The maximum absolute atomic E-state index is 5.16. The van der Waals surface area contributed by atoms with Crippen LogP contribution in [0.2, 0.25) is 0 Å². The predicted molar refractivity (Wildman–Crippen MR) is 43.7 cm³/mol. The van der Waals surface area contributed by atoms with Gasteiger partial charge in [-0.15, -0.1) is 0 Å². The minimum Gasteiger partial charge on any atom is -0.454 e. The normalized spacial score (nSPS) is 16.8. The monoisotopic (exact) mass is 152 g/mol. The second kappa shape index (κ2) is 3.86. The fourth-order valence-corrected chi connectivity index (χ4v) is 0.813. The Bertz CT molecular complexity index is 202. The van der Waals surface area contributed by atoms with Crippen molar-refractivity contribution in [2.24, 2.45) is 0 Å². The number of hydrogen-bond donors (Lipinski definition) is 0. The summed E-state index contributed by atoms with van der Waals surface area (Å²) >= 11 is 0. The Labute approximate surface area is 66.8 Å². The molecule has 0 atom stereocenters. The Morgan fingerprint density at radius 3 is 2.82 bits per heavy atom. The van der Waals surface area contributed by atoms with E-state index in [1.165, 1.54) is 0 Å². The van der Waals surface area contributed by atoms with Crippen LogP contribution in [-0.4, -0.2) is 6.79 Å². The van der Waals surface area contributed by atoms with E-state index in [9.17, 15) is 0 Å². The first-order valence-electron chi connectivity index (χ1n) is 3.67. The van der Waals surface area contributed by atoms with Crippen molar-refractivity contribution in [3.63, 3.8) is 0 Å². The fourth-order valence-electron chi connectivity index (χ4n) is 0.813. The highest BCUT2D eigenvalue weighted by Crippen LogP contribution is 2.17. The fraction of sp³-hybridized carbons (Fsp3) is 0.333. The lowest BCUT2D eigenvalue weighted by atomic mass is 10.3. The van der Waals surface area contributed by atoms with Crippen molar-refractivity contribution in [3.05, 3.63) is 36.3 Å². The summed E-state index contributed by atoms with van der Waals surface area (Å²) in [6.45, 7) is 5.98. The van der Waals surface area contributed by atoms with Crippen molar-refractivity contribution in [2.75, 3.05) is 6.79 Å². The predicted octanol–water partition coefficient (Wildman–Crippen LogP) is 2.35. The number of allylic oxidation sites excluding steroid dienone is 3. The van der Waals surface area contributed by atoms with Crippen LogP contribution in [0.3, 0.4) is 0 Å². The van der Waals surface area contributed by atoms with Crippen LogP contribution in [0.25, 0.3) is 0 Å². The molecule has 0 radical (unpaired) electrons. The number of rotatable bonds is 3. The quantitative estimate of drug-likeness (QED) is 0.618. The first-order chi connectivity index (χ1) is 5.38. The topological polar surface area (TPSA) is 18.5 Å². The summed E-state index contributed by atoms with van der Waals surface area (Å²) in [6, 6.07) is 0. The molecular formula is C9H12O2. The summed E-state index contributed by atoms with van der Waals surface area (Å²) in [4.78, 5) is 0. The summed E-state index contributed by atoms with van der Waals surface area (Å²) in [5, 5.41) is 0. The standard InChI is InChI=1S/C9H12O2/c1-3-5-6-9-8(4-2)10-7-11-9/h4-6H,2-3,7H2,1H3/b6-5-. The SMILES string of the molecule is C=CC1=C(/C=C\CC)OCO1. The average molecular weight is 152 g/mol. The highest BCUT2D eigenvalue weighted by Gasteiger charge is 2.10. The Balaban J connectivity index is 2.66. The smallest absolute Gasteiger partial charge is 0.231 e. The van der Waals surface area contributed by atoms with Crippen molar-refractivity contribution in [1.82, 2.24) is 0 Å². The molecule has 1 aliphatic rings. The molecule has 0 amide bonds. The van der Waals surface area contributed by atoms with Crippen molar-refractivity contribution < 1.29 is 9.47 Å². The Morgan fingerprint density at radius 2 is 2.18 bits per heavy atom. The first-order valence-corrected chi connectivity index (χ1v) is 3.67. The van der Waals surface area contributed by atoms with Crippen molar-refractivity contribution in [3.8, 4) is 0 Å². The number of ether oxygens (including phenoxy) is 2. The van der Waals surface area contributed by atoms with Crippen LogP contribution in [-0.2, 0) is 9.47 Å². The zero-order valence-corrected chi connectivity index (χ0v) is 6.67. The van der Waals surface area contributed by atoms with E-state index in [2.05, 4.69) is 13.5 Å². The first kappa shape index (κ1) is 7.92. The van der Waals surface area contributed by atoms with Crippen LogP contribution in [0.1, 0.15) is 13.3 Å². The van der Waals surface area contributed by atoms with E-state index in [4.69, 9.17) is 9.47 Å². The van der Waals surface area contributed by atoms with Gasteiger partial charge in [-0.05, 0) is 18.6 Å². The van der Waals surface area contributed by atoms with E-state index in [1.54, 1.807) is 6.08 Å². The summed E-state index contributed by atoms with van der Waals surface area (Å²) in [6.07, 6.45) is 6.58. The van der Waals surface area contributed by atoms with Gasteiger partial charge in [0.2, 0.25) is 6.79 Å². The van der Waals surface area contributed by atoms with Crippen molar-refractivity contribution in [1.29, 1.82) is 0 Å². The van der Waals surface area contributed by atoms with Gasteiger partial charge in [0.1, 0.15) is 0 Å². The molecule has 1 rings (SSSR count). The highest BCUT2D eigenvalue weighted by molar-refractivity contribution is 5.24. The van der Waals surface area contributed by atoms with E-state index < -0.39 is 0 Å². The molecule has 2 heteroatoms. The van der Waals surface area contributed by atoms with Crippen LogP contribution < -0.4 is 0 Å². The van der Waals surface area contributed by atoms with Gasteiger partial charge in [-0.2, -0.15) is 0 Å². The lowest BCUT2D eigenvalue weighted by Crippen LogP contribution is -1.80. The molecule has 11 heavy (non-hydrogen) atoms. The Kier molecular flexibility index (Phi) is 2.78. The molecule has 60 valence electrons. The molecular weight excluding hydrogens is 140 g/mol. The minimum atomic E-state index is 0.310. The van der Waals surface area contributed by atoms with Gasteiger partial charge in [-0.3, -0.25) is 0 Å². The van der Waals surface area contributed by atoms with Crippen molar-refractivity contribution in [2.45, 2.75) is 13.3 Å². The maximum Gasteiger partial charge on any atom is 0.231 e. The summed E-state index contributed by atoms with van der Waals surface area (Å²) < 4.78 is 10.3. The summed E-state index contributed by atoms with van der Waals surface area (Å²) in [5.41, 5.74) is 0. The third kappa shape index (κ3) is 1.87. The van der Waals surface area contributed by atoms with Crippen LogP contribution in [0.15, 0.2) is 36.3 Å². The van der Waals surface area contributed by atoms with E-state index in [0.29, 0.717) is 6.79 Å². The molecule has 0 unspecified atom stereocenters. The third-order valence-electron chi connectivity index (χ3n) is 1.36. The molecule has 0 saturated heterocycles. The lowest BCUT2D eigenvalue weighted by Gasteiger charge is -1.90. The van der Waals surface area contributed by atoms with Gasteiger partial charge in [-0.25, -0.2) is 0 Å². The van der Waals surface area contributed by atoms with Gasteiger partial charge < -0.3 is 9.47 Å². The molecule has 0 fully saturated rings. The van der Waals surface area contributed by atoms with E-state index >= 15 is 0 Å². The van der Waals surface area contributed by atoms with Gasteiger partial charge in [0, 0.05) is 0 Å². The average Bonchev–Trinajstić information content (AvgIpc) is 2.47. The molecule has 0 aromatic rings. The largest absolute Gasteiger partial charge is 0.454 e. The van der Waals surface area contributed by atoms with Gasteiger partial charge in [-0.1, -0.05) is 19.6 Å².